The van der Waals surface area contributed by atoms with Gasteiger partial charge in [-0.25, -0.2) is 0 Å². The van der Waals surface area contributed by atoms with E-state index in [-0.39, 0.29) is 12.2 Å². The van der Waals surface area contributed by atoms with Crippen LogP contribution in [-0.4, -0.2) is 45.6 Å². The number of carbonyl (C=O) groups excluding carboxylic acids is 2. The second kappa shape index (κ2) is 12.1. The monoisotopic (exact) mass is 398 g/mol. The van der Waals surface area contributed by atoms with Gasteiger partial charge < -0.3 is 14.2 Å². The van der Waals surface area contributed by atoms with Crippen LogP contribution in [0.15, 0.2) is 42.5 Å². The number of methoxy groups -OCH3 is 2. The molecule has 2 rings (SSSR count). The predicted molar refractivity (Wildman–Crippen MR) is 114 cm³/mol. The highest BCUT2D eigenvalue weighted by Crippen LogP contribution is 2.32. The topological polar surface area (TPSA) is 61.8 Å². The van der Waals surface area contributed by atoms with Crippen LogP contribution in [0.25, 0.3) is 11.1 Å². The molecule has 0 N–H and O–H groups in total. The molecule has 2 unspecified atom stereocenters. The van der Waals surface area contributed by atoms with E-state index in [0.29, 0.717) is 29.0 Å². The van der Waals surface area contributed by atoms with Crippen LogP contribution in [0, 0.1) is 0 Å². The third-order valence-corrected chi connectivity index (χ3v) is 5.09. The number of ether oxygens (including phenoxy) is 3. The van der Waals surface area contributed by atoms with Crippen LogP contribution in [0.1, 0.15) is 53.3 Å². The van der Waals surface area contributed by atoms with E-state index in [2.05, 4.69) is 6.92 Å². The van der Waals surface area contributed by atoms with Gasteiger partial charge in [0.25, 0.3) is 0 Å². The van der Waals surface area contributed by atoms with Crippen molar-refractivity contribution in [1.82, 2.24) is 0 Å². The SMILES string of the molecule is COC(C)CCCC(CCOc1ccccc1-c1cc(C=O)ccc1C=O)OC. The molecule has 0 radical (unpaired) electrons. The van der Waals surface area contributed by atoms with Gasteiger partial charge in [0.1, 0.15) is 12.0 Å². The summed E-state index contributed by atoms with van der Waals surface area (Å²) >= 11 is 0. The van der Waals surface area contributed by atoms with Crippen LogP contribution in [0.2, 0.25) is 0 Å². The fourth-order valence-electron chi connectivity index (χ4n) is 3.23. The Morgan fingerprint density at radius 3 is 2.38 bits per heavy atom. The molecule has 29 heavy (non-hydrogen) atoms. The maximum Gasteiger partial charge on any atom is 0.150 e. The Morgan fingerprint density at radius 2 is 1.69 bits per heavy atom. The summed E-state index contributed by atoms with van der Waals surface area (Å²) in [5.41, 5.74) is 2.53. The molecule has 0 aliphatic carbocycles. The van der Waals surface area contributed by atoms with Crippen molar-refractivity contribution in [2.45, 2.75) is 44.8 Å². The van der Waals surface area contributed by atoms with Gasteiger partial charge in [-0.3, -0.25) is 9.59 Å². The first-order valence-electron chi connectivity index (χ1n) is 9.95. The fraction of sp³-hybridized carbons (Fsp3) is 0.417. The van der Waals surface area contributed by atoms with E-state index < -0.39 is 0 Å². The lowest BCUT2D eigenvalue weighted by atomic mass is 9.97. The van der Waals surface area contributed by atoms with E-state index in [4.69, 9.17) is 14.2 Å². The standard InChI is InChI=1S/C24H30O5/c1-18(27-2)7-6-8-21(28-3)13-14-29-24-10-5-4-9-22(24)23-15-19(16-25)11-12-20(23)17-26/h4-5,9-12,15-18,21H,6-8,13-14H2,1-3H3. The van der Waals surface area contributed by atoms with E-state index in [1.807, 2.05) is 24.3 Å². The van der Waals surface area contributed by atoms with Gasteiger partial charge in [-0.15, -0.1) is 0 Å². The molecule has 0 saturated heterocycles. The molecule has 2 atom stereocenters. The molecule has 156 valence electrons. The number of carbonyl (C=O) groups is 2. The van der Waals surface area contributed by atoms with E-state index in [9.17, 15) is 9.59 Å². The first-order chi connectivity index (χ1) is 14.1. The predicted octanol–water partition coefficient (Wildman–Crippen LogP) is 4.97. The molecular weight excluding hydrogens is 368 g/mol. The average Bonchev–Trinajstić information content (AvgIpc) is 2.77. The van der Waals surface area contributed by atoms with Gasteiger partial charge in [0.15, 0.2) is 6.29 Å². The van der Waals surface area contributed by atoms with E-state index in [0.717, 1.165) is 43.8 Å². The minimum atomic E-state index is 0.121. The lowest BCUT2D eigenvalue weighted by Gasteiger charge is -2.18. The Bertz CT molecular complexity index is 787. The molecule has 0 aliphatic rings. The molecule has 0 spiro atoms. The van der Waals surface area contributed by atoms with Gasteiger partial charge in [0.05, 0.1) is 18.8 Å². The van der Waals surface area contributed by atoms with Crippen molar-refractivity contribution < 1.29 is 23.8 Å². The Morgan fingerprint density at radius 1 is 0.897 bits per heavy atom. The van der Waals surface area contributed by atoms with Gasteiger partial charge >= 0.3 is 0 Å². The van der Waals surface area contributed by atoms with Gasteiger partial charge in [-0.2, -0.15) is 0 Å². The number of aldehydes is 2. The molecule has 0 fully saturated rings. The fourth-order valence-corrected chi connectivity index (χ4v) is 3.23. The van der Waals surface area contributed by atoms with Gasteiger partial charge in [0, 0.05) is 37.3 Å². The van der Waals surface area contributed by atoms with Gasteiger partial charge in [-0.1, -0.05) is 30.3 Å². The molecule has 2 aromatic rings. The van der Waals surface area contributed by atoms with Crippen molar-refractivity contribution in [3.8, 4) is 16.9 Å². The van der Waals surface area contributed by atoms with Crippen LogP contribution in [0.3, 0.4) is 0 Å². The molecule has 0 saturated carbocycles. The molecule has 0 heterocycles. The maximum atomic E-state index is 11.5. The Labute approximate surface area is 173 Å². The number of para-hydroxylation sites is 1. The normalized spacial score (nSPS) is 12.9. The van der Waals surface area contributed by atoms with Crippen molar-refractivity contribution >= 4 is 12.6 Å². The summed E-state index contributed by atoms with van der Waals surface area (Å²) < 4.78 is 16.9. The number of hydrogen-bond donors (Lipinski definition) is 0. The van der Waals surface area contributed by atoms with Crippen LogP contribution in [0.5, 0.6) is 5.75 Å². The Kier molecular flexibility index (Phi) is 9.54. The molecular formula is C24H30O5. The molecule has 5 nitrogen and oxygen atoms in total. The highest BCUT2D eigenvalue weighted by atomic mass is 16.5. The summed E-state index contributed by atoms with van der Waals surface area (Å²) in [4.78, 5) is 22.6. The van der Waals surface area contributed by atoms with Crippen molar-refractivity contribution in [3.63, 3.8) is 0 Å². The molecule has 0 bridgehead atoms. The molecule has 0 aromatic heterocycles. The Hall–Kier alpha value is -2.50. The molecule has 2 aromatic carbocycles. The zero-order valence-corrected chi connectivity index (χ0v) is 17.4. The van der Waals surface area contributed by atoms with Crippen LogP contribution in [0.4, 0.5) is 0 Å². The summed E-state index contributed by atoms with van der Waals surface area (Å²) in [6.07, 6.45) is 5.69. The largest absolute Gasteiger partial charge is 0.493 e. The number of rotatable bonds is 13. The lowest BCUT2D eigenvalue weighted by Crippen LogP contribution is -2.16. The minimum Gasteiger partial charge on any atom is -0.493 e. The summed E-state index contributed by atoms with van der Waals surface area (Å²) in [5.74, 6) is 0.682. The van der Waals surface area contributed by atoms with Crippen LogP contribution in [-0.2, 0) is 9.47 Å². The number of hydrogen-bond acceptors (Lipinski definition) is 5. The van der Waals surface area contributed by atoms with Crippen LogP contribution >= 0.6 is 0 Å². The average molecular weight is 398 g/mol. The maximum absolute atomic E-state index is 11.5. The first-order valence-corrected chi connectivity index (χ1v) is 9.95. The third kappa shape index (κ3) is 6.80. The second-order valence-corrected chi connectivity index (χ2v) is 7.05. The lowest BCUT2D eigenvalue weighted by molar-refractivity contribution is 0.0635. The zero-order valence-electron chi connectivity index (χ0n) is 17.4. The highest BCUT2D eigenvalue weighted by Gasteiger charge is 2.13. The first kappa shape index (κ1) is 22.8. The molecule has 5 heteroatoms. The van der Waals surface area contributed by atoms with E-state index >= 15 is 0 Å². The summed E-state index contributed by atoms with van der Waals surface area (Å²) in [6, 6.07) is 12.6. The van der Waals surface area contributed by atoms with Gasteiger partial charge in [-0.05, 0) is 43.9 Å². The molecule has 0 amide bonds. The number of benzene rings is 2. The second-order valence-electron chi connectivity index (χ2n) is 7.05. The summed E-state index contributed by atoms with van der Waals surface area (Å²) in [7, 11) is 3.45. The Balaban J connectivity index is 2.04. The summed E-state index contributed by atoms with van der Waals surface area (Å²) in [5, 5.41) is 0. The van der Waals surface area contributed by atoms with Crippen molar-refractivity contribution in [2.75, 3.05) is 20.8 Å². The van der Waals surface area contributed by atoms with E-state index in [1.165, 1.54) is 0 Å². The highest BCUT2D eigenvalue weighted by molar-refractivity contribution is 5.92. The van der Waals surface area contributed by atoms with Gasteiger partial charge in [0.2, 0.25) is 0 Å². The zero-order chi connectivity index (χ0) is 21.1. The smallest absolute Gasteiger partial charge is 0.150 e. The van der Waals surface area contributed by atoms with Crippen molar-refractivity contribution in [2.24, 2.45) is 0 Å². The van der Waals surface area contributed by atoms with Crippen molar-refractivity contribution in [1.29, 1.82) is 0 Å². The quantitative estimate of drug-likeness (QED) is 0.446. The van der Waals surface area contributed by atoms with Crippen LogP contribution < -0.4 is 4.74 Å². The molecule has 0 aliphatic heterocycles. The summed E-state index contributed by atoms with van der Waals surface area (Å²) in [6.45, 7) is 2.56. The minimum absolute atomic E-state index is 0.121. The third-order valence-electron chi connectivity index (χ3n) is 5.09. The van der Waals surface area contributed by atoms with Crippen molar-refractivity contribution in [3.05, 3.63) is 53.6 Å². The van der Waals surface area contributed by atoms with E-state index in [1.54, 1.807) is 32.4 Å².